The minimum atomic E-state index is 0.118. The Labute approximate surface area is 78.3 Å². The van der Waals surface area contributed by atoms with Gasteiger partial charge in [0.2, 0.25) is 0 Å². The highest BCUT2D eigenvalue weighted by Crippen LogP contribution is 2.32. The fourth-order valence-corrected chi connectivity index (χ4v) is 2.94. The molecule has 1 aromatic carbocycles. The Bertz CT molecular complexity index is 206. The van der Waals surface area contributed by atoms with Gasteiger partial charge in [-0.15, -0.1) is 0 Å². The standard InChI is InChI=1S/C11H18S/c1-3-4-10-12(2)11-8-6-5-7-9-11/h5-9,12H,3-4,10H2,1-2H3. The summed E-state index contributed by atoms with van der Waals surface area (Å²) in [6, 6.07) is 10.9. The van der Waals surface area contributed by atoms with Crippen molar-refractivity contribution in [3.8, 4) is 0 Å². The summed E-state index contributed by atoms with van der Waals surface area (Å²) in [7, 11) is 0.118. The van der Waals surface area contributed by atoms with Gasteiger partial charge in [-0.1, -0.05) is 43.7 Å². The zero-order valence-corrected chi connectivity index (χ0v) is 8.85. The van der Waals surface area contributed by atoms with Crippen molar-refractivity contribution >= 4 is 10.9 Å². The minimum Gasteiger partial charge on any atom is -0.230 e. The number of unbranched alkanes of at least 4 members (excludes halogenated alkanes) is 1. The smallest absolute Gasteiger partial charge is 0.0128 e. The van der Waals surface area contributed by atoms with Gasteiger partial charge in [-0.2, -0.15) is 0 Å². The second kappa shape index (κ2) is 5.26. The average Bonchev–Trinajstić information content (AvgIpc) is 2.15. The third kappa shape index (κ3) is 2.90. The summed E-state index contributed by atoms with van der Waals surface area (Å²) in [6.45, 7) is 2.26. The van der Waals surface area contributed by atoms with Crippen molar-refractivity contribution in [2.75, 3.05) is 12.0 Å². The Morgan fingerprint density at radius 2 is 1.83 bits per heavy atom. The van der Waals surface area contributed by atoms with Crippen molar-refractivity contribution in [2.45, 2.75) is 24.7 Å². The van der Waals surface area contributed by atoms with Crippen LogP contribution in [-0.4, -0.2) is 12.0 Å². The first-order valence-corrected chi connectivity index (χ1v) is 6.58. The van der Waals surface area contributed by atoms with Crippen LogP contribution in [-0.2, 0) is 0 Å². The zero-order valence-electron chi connectivity index (χ0n) is 7.96. The van der Waals surface area contributed by atoms with Gasteiger partial charge < -0.3 is 0 Å². The lowest BCUT2D eigenvalue weighted by Crippen LogP contribution is -1.87. The summed E-state index contributed by atoms with van der Waals surface area (Å²) in [4.78, 5) is 1.54. The van der Waals surface area contributed by atoms with Gasteiger partial charge >= 0.3 is 0 Å². The normalized spacial score (nSPS) is 14.3. The van der Waals surface area contributed by atoms with Gasteiger partial charge in [0.1, 0.15) is 0 Å². The molecule has 12 heavy (non-hydrogen) atoms. The number of benzene rings is 1. The van der Waals surface area contributed by atoms with E-state index in [-0.39, 0.29) is 10.9 Å². The summed E-state index contributed by atoms with van der Waals surface area (Å²) in [5.41, 5.74) is 0. The fourth-order valence-electron chi connectivity index (χ4n) is 1.21. The Balaban J connectivity index is 2.48. The number of hydrogen-bond acceptors (Lipinski definition) is 0. The van der Waals surface area contributed by atoms with E-state index in [0.717, 1.165) is 0 Å². The van der Waals surface area contributed by atoms with E-state index in [1.54, 1.807) is 4.90 Å². The van der Waals surface area contributed by atoms with Crippen LogP contribution in [0.5, 0.6) is 0 Å². The van der Waals surface area contributed by atoms with Crippen LogP contribution in [0.15, 0.2) is 35.2 Å². The van der Waals surface area contributed by atoms with E-state index in [1.165, 1.54) is 18.6 Å². The molecule has 1 rings (SSSR count). The SMILES string of the molecule is CCCC[SH](C)c1ccccc1. The summed E-state index contributed by atoms with van der Waals surface area (Å²) in [5, 5.41) is 0. The van der Waals surface area contributed by atoms with E-state index in [0.29, 0.717) is 0 Å². The van der Waals surface area contributed by atoms with Crippen LogP contribution in [0.2, 0.25) is 0 Å². The second-order valence-corrected chi connectivity index (χ2v) is 5.47. The molecule has 0 aliphatic carbocycles. The maximum Gasteiger partial charge on any atom is -0.0128 e. The van der Waals surface area contributed by atoms with Gasteiger partial charge in [0.15, 0.2) is 0 Å². The lowest BCUT2D eigenvalue weighted by atomic mass is 10.4. The van der Waals surface area contributed by atoms with Crippen LogP contribution in [0, 0.1) is 0 Å². The third-order valence-corrected chi connectivity index (χ3v) is 4.21. The minimum absolute atomic E-state index is 0.118. The summed E-state index contributed by atoms with van der Waals surface area (Å²) in [6.07, 6.45) is 5.07. The van der Waals surface area contributed by atoms with Crippen molar-refractivity contribution in [1.82, 2.24) is 0 Å². The van der Waals surface area contributed by atoms with Gasteiger partial charge in [-0.25, -0.2) is 10.9 Å². The molecule has 0 radical (unpaired) electrons. The molecule has 68 valence electrons. The van der Waals surface area contributed by atoms with Crippen LogP contribution >= 0.6 is 10.9 Å². The highest BCUT2D eigenvalue weighted by molar-refractivity contribution is 8.16. The molecule has 1 heteroatoms. The van der Waals surface area contributed by atoms with Gasteiger partial charge in [0, 0.05) is 0 Å². The van der Waals surface area contributed by atoms with E-state index in [9.17, 15) is 0 Å². The van der Waals surface area contributed by atoms with Gasteiger partial charge in [-0.3, -0.25) is 0 Å². The highest BCUT2D eigenvalue weighted by Gasteiger charge is 1.97. The van der Waals surface area contributed by atoms with Crippen LogP contribution in [0.4, 0.5) is 0 Å². The molecule has 0 bridgehead atoms. The highest BCUT2D eigenvalue weighted by atomic mass is 32.2. The van der Waals surface area contributed by atoms with E-state index in [4.69, 9.17) is 0 Å². The van der Waals surface area contributed by atoms with Crippen LogP contribution in [0.25, 0.3) is 0 Å². The lowest BCUT2D eigenvalue weighted by Gasteiger charge is -2.15. The molecule has 0 amide bonds. The summed E-state index contributed by atoms with van der Waals surface area (Å²) >= 11 is 0. The predicted octanol–water partition coefficient (Wildman–Crippen LogP) is 3.48. The topological polar surface area (TPSA) is 0 Å². The molecule has 1 unspecified atom stereocenters. The molecule has 0 nitrogen and oxygen atoms in total. The molecular weight excluding hydrogens is 164 g/mol. The molecule has 0 spiro atoms. The first kappa shape index (κ1) is 9.66. The monoisotopic (exact) mass is 182 g/mol. The fraction of sp³-hybridized carbons (Fsp3) is 0.455. The van der Waals surface area contributed by atoms with Crippen molar-refractivity contribution in [3.05, 3.63) is 30.3 Å². The second-order valence-electron chi connectivity index (χ2n) is 3.11. The van der Waals surface area contributed by atoms with Crippen LogP contribution in [0.1, 0.15) is 19.8 Å². The molecule has 0 heterocycles. The first-order chi connectivity index (χ1) is 5.84. The van der Waals surface area contributed by atoms with E-state index >= 15 is 0 Å². The van der Waals surface area contributed by atoms with Crippen molar-refractivity contribution in [2.24, 2.45) is 0 Å². The molecular formula is C11H18S. The van der Waals surface area contributed by atoms with Gasteiger partial charge in [0.25, 0.3) is 0 Å². The van der Waals surface area contributed by atoms with Crippen molar-refractivity contribution in [3.63, 3.8) is 0 Å². The molecule has 0 aromatic heterocycles. The molecule has 0 saturated heterocycles. The van der Waals surface area contributed by atoms with Crippen LogP contribution < -0.4 is 0 Å². The largest absolute Gasteiger partial charge is 0.230 e. The quantitative estimate of drug-likeness (QED) is 0.677. The van der Waals surface area contributed by atoms with Crippen LogP contribution in [0.3, 0.4) is 0 Å². The Morgan fingerprint density at radius 1 is 1.17 bits per heavy atom. The molecule has 1 aromatic rings. The molecule has 1 atom stereocenters. The Hall–Kier alpha value is -0.430. The summed E-state index contributed by atoms with van der Waals surface area (Å²) in [5.74, 6) is 1.38. The molecule has 0 fully saturated rings. The van der Waals surface area contributed by atoms with E-state index in [1.807, 2.05) is 0 Å². The molecule has 0 aliphatic heterocycles. The van der Waals surface area contributed by atoms with Crippen molar-refractivity contribution in [1.29, 1.82) is 0 Å². The van der Waals surface area contributed by atoms with Gasteiger partial charge in [-0.05, 0) is 23.3 Å². The lowest BCUT2D eigenvalue weighted by molar-refractivity contribution is 0.894. The van der Waals surface area contributed by atoms with E-state index in [2.05, 4.69) is 43.5 Å². The maximum absolute atomic E-state index is 2.38. The summed E-state index contributed by atoms with van der Waals surface area (Å²) < 4.78 is 0. The maximum atomic E-state index is 2.38. The zero-order chi connectivity index (χ0) is 8.81. The first-order valence-electron chi connectivity index (χ1n) is 4.60. The third-order valence-electron chi connectivity index (χ3n) is 2.04. The number of rotatable bonds is 4. The van der Waals surface area contributed by atoms with E-state index < -0.39 is 0 Å². The Kier molecular flexibility index (Phi) is 4.23. The average molecular weight is 182 g/mol. The van der Waals surface area contributed by atoms with Gasteiger partial charge in [0.05, 0.1) is 0 Å². The molecule has 0 N–H and O–H groups in total. The number of thiol groups is 1. The van der Waals surface area contributed by atoms with Crippen molar-refractivity contribution < 1.29 is 0 Å². The molecule has 0 aliphatic rings. The predicted molar refractivity (Wildman–Crippen MR) is 59.4 cm³/mol. The molecule has 0 saturated carbocycles. The Morgan fingerprint density at radius 3 is 2.42 bits per heavy atom. The number of hydrogen-bond donors (Lipinski definition) is 1.